The Balaban J connectivity index is 1.67. The molecule has 0 heterocycles. The zero-order chi connectivity index (χ0) is 30.8. The third-order valence-corrected chi connectivity index (χ3v) is 10.0. The lowest BCUT2D eigenvalue weighted by Crippen LogP contribution is -2.54. The first kappa shape index (κ1) is 32.5. The average Bonchev–Trinajstić information content (AvgIpc) is 3.52. The lowest BCUT2D eigenvalue weighted by atomic mass is 10.1. The van der Waals surface area contributed by atoms with E-state index in [-0.39, 0.29) is 23.4 Å². The monoisotopic (exact) mass is 669 g/mol. The standard InChI is InChI=1S/C33H40BrN3O5S/c1-3-31(33(39)35-27-12-8-9-13-27)36(23-22-25-10-6-5-7-11-25)32(38)24-37(28-16-18-29(19-17-28)42-4-2)43(40,41)30-20-14-26(34)15-21-30/h5-7,10-11,14-21,27,31H,3-4,8-9,12-13,22-24H2,1-2H3,(H,35,39)/t31-/m0/s1. The van der Waals surface area contributed by atoms with Crippen LogP contribution in [0.4, 0.5) is 5.69 Å². The summed E-state index contributed by atoms with van der Waals surface area (Å²) in [7, 11) is -4.14. The summed E-state index contributed by atoms with van der Waals surface area (Å²) in [6.07, 6.45) is 4.94. The summed E-state index contributed by atoms with van der Waals surface area (Å²) in [4.78, 5) is 29.3. The number of rotatable bonds is 14. The third kappa shape index (κ3) is 8.60. The minimum absolute atomic E-state index is 0.0549. The molecule has 8 nitrogen and oxygen atoms in total. The van der Waals surface area contributed by atoms with Crippen LogP contribution in [-0.4, -0.2) is 56.9 Å². The number of halogens is 1. The average molecular weight is 671 g/mol. The van der Waals surface area contributed by atoms with E-state index >= 15 is 0 Å². The van der Waals surface area contributed by atoms with Gasteiger partial charge in [-0.05, 0) is 86.7 Å². The summed E-state index contributed by atoms with van der Waals surface area (Å²) in [6, 6.07) is 22.1. The van der Waals surface area contributed by atoms with E-state index in [0.717, 1.165) is 40.0 Å². The molecule has 2 amide bonds. The molecule has 0 radical (unpaired) electrons. The van der Waals surface area contributed by atoms with Crippen molar-refractivity contribution in [2.45, 2.75) is 69.4 Å². The fraction of sp³-hybridized carbons (Fsp3) is 0.394. The van der Waals surface area contributed by atoms with E-state index < -0.39 is 28.5 Å². The van der Waals surface area contributed by atoms with Gasteiger partial charge >= 0.3 is 0 Å². The van der Waals surface area contributed by atoms with Crippen LogP contribution in [-0.2, 0) is 26.0 Å². The summed E-state index contributed by atoms with van der Waals surface area (Å²) >= 11 is 3.36. The van der Waals surface area contributed by atoms with Crippen molar-refractivity contribution in [3.8, 4) is 5.75 Å². The van der Waals surface area contributed by atoms with Crippen molar-refractivity contribution in [1.29, 1.82) is 0 Å². The maximum Gasteiger partial charge on any atom is 0.264 e. The Labute approximate surface area is 263 Å². The van der Waals surface area contributed by atoms with Crippen LogP contribution in [0, 0.1) is 0 Å². The Hall–Kier alpha value is -3.37. The maximum absolute atomic E-state index is 14.2. The van der Waals surface area contributed by atoms with Crippen molar-refractivity contribution in [1.82, 2.24) is 10.2 Å². The molecule has 43 heavy (non-hydrogen) atoms. The molecule has 1 fully saturated rings. The van der Waals surface area contributed by atoms with Crippen LogP contribution in [0.25, 0.3) is 0 Å². The van der Waals surface area contributed by atoms with Crippen molar-refractivity contribution < 1.29 is 22.7 Å². The van der Waals surface area contributed by atoms with Crippen molar-refractivity contribution in [2.24, 2.45) is 0 Å². The van der Waals surface area contributed by atoms with Crippen LogP contribution in [0.5, 0.6) is 5.75 Å². The highest BCUT2D eigenvalue weighted by molar-refractivity contribution is 9.10. The Morgan fingerprint density at radius 2 is 1.60 bits per heavy atom. The quantitative estimate of drug-likeness (QED) is 0.229. The number of nitrogens with one attached hydrogen (secondary N) is 1. The molecule has 0 unspecified atom stereocenters. The number of ether oxygens (including phenoxy) is 1. The van der Waals surface area contributed by atoms with Crippen LogP contribution in [0.1, 0.15) is 51.5 Å². The molecule has 3 aromatic rings. The molecule has 230 valence electrons. The molecule has 10 heteroatoms. The summed E-state index contributed by atoms with van der Waals surface area (Å²) < 4.78 is 35.5. The summed E-state index contributed by atoms with van der Waals surface area (Å²) in [5.74, 6) is -0.0456. The smallest absolute Gasteiger partial charge is 0.264 e. The van der Waals surface area contributed by atoms with Gasteiger partial charge in [0.05, 0.1) is 17.2 Å². The molecule has 1 saturated carbocycles. The predicted octanol–water partition coefficient (Wildman–Crippen LogP) is 5.95. The molecule has 1 aliphatic rings. The van der Waals surface area contributed by atoms with Gasteiger partial charge < -0.3 is 15.0 Å². The first-order chi connectivity index (χ1) is 20.7. The molecular weight excluding hydrogens is 630 g/mol. The number of nitrogens with zero attached hydrogens (tertiary/aromatic N) is 2. The number of sulfonamides is 1. The van der Waals surface area contributed by atoms with Crippen LogP contribution in [0.3, 0.4) is 0 Å². The number of hydrogen-bond acceptors (Lipinski definition) is 5. The Bertz CT molecular complexity index is 1440. The molecule has 0 bridgehead atoms. The lowest BCUT2D eigenvalue weighted by molar-refractivity contribution is -0.139. The zero-order valence-electron chi connectivity index (χ0n) is 24.7. The Kier molecular flexibility index (Phi) is 11.6. The van der Waals surface area contributed by atoms with E-state index in [9.17, 15) is 18.0 Å². The number of amides is 2. The topological polar surface area (TPSA) is 96.0 Å². The highest BCUT2D eigenvalue weighted by atomic mass is 79.9. The van der Waals surface area contributed by atoms with E-state index in [2.05, 4.69) is 21.2 Å². The van der Waals surface area contributed by atoms with Crippen LogP contribution in [0.15, 0.2) is 88.2 Å². The van der Waals surface area contributed by atoms with E-state index in [0.29, 0.717) is 30.9 Å². The Morgan fingerprint density at radius 3 is 2.21 bits per heavy atom. The van der Waals surface area contributed by atoms with Crippen LogP contribution >= 0.6 is 15.9 Å². The van der Waals surface area contributed by atoms with Gasteiger partial charge in [0.25, 0.3) is 10.0 Å². The van der Waals surface area contributed by atoms with E-state index in [1.54, 1.807) is 41.3 Å². The van der Waals surface area contributed by atoms with E-state index in [4.69, 9.17) is 4.74 Å². The van der Waals surface area contributed by atoms with Gasteiger partial charge in [-0.15, -0.1) is 0 Å². The van der Waals surface area contributed by atoms with Gasteiger partial charge in [0.15, 0.2) is 0 Å². The van der Waals surface area contributed by atoms with Crippen molar-refractivity contribution in [3.63, 3.8) is 0 Å². The van der Waals surface area contributed by atoms with Gasteiger partial charge in [0.1, 0.15) is 18.3 Å². The van der Waals surface area contributed by atoms with Gasteiger partial charge in [-0.2, -0.15) is 0 Å². The first-order valence-corrected chi connectivity index (χ1v) is 17.1. The van der Waals surface area contributed by atoms with Crippen molar-refractivity contribution >= 4 is 43.5 Å². The highest BCUT2D eigenvalue weighted by Crippen LogP contribution is 2.27. The van der Waals surface area contributed by atoms with Gasteiger partial charge in [-0.25, -0.2) is 8.42 Å². The summed E-state index contributed by atoms with van der Waals surface area (Å²) in [6.45, 7) is 4.03. The first-order valence-electron chi connectivity index (χ1n) is 14.9. The van der Waals surface area contributed by atoms with Gasteiger partial charge in [-0.1, -0.05) is 66.0 Å². The van der Waals surface area contributed by atoms with Gasteiger partial charge in [-0.3, -0.25) is 13.9 Å². The third-order valence-electron chi connectivity index (χ3n) is 7.69. The van der Waals surface area contributed by atoms with Gasteiger partial charge in [0, 0.05) is 17.1 Å². The largest absolute Gasteiger partial charge is 0.494 e. The molecule has 3 aromatic carbocycles. The van der Waals surface area contributed by atoms with Crippen LogP contribution in [0.2, 0.25) is 0 Å². The van der Waals surface area contributed by atoms with Crippen molar-refractivity contribution in [2.75, 3.05) is 24.0 Å². The second kappa shape index (κ2) is 15.4. The molecule has 0 aliphatic heterocycles. The number of hydrogen-bond donors (Lipinski definition) is 1. The number of carbonyl (C=O) groups excluding carboxylic acids is 2. The van der Waals surface area contributed by atoms with E-state index in [1.807, 2.05) is 44.2 Å². The molecule has 1 aliphatic carbocycles. The second-order valence-electron chi connectivity index (χ2n) is 10.6. The maximum atomic E-state index is 14.2. The molecular formula is C33H40BrN3O5S. The molecule has 4 rings (SSSR count). The molecule has 1 N–H and O–H groups in total. The predicted molar refractivity (Wildman–Crippen MR) is 173 cm³/mol. The Morgan fingerprint density at radius 1 is 0.953 bits per heavy atom. The normalized spacial score (nSPS) is 14.2. The highest BCUT2D eigenvalue weighted by Gasteiger charge is 2.34. The fourth-order valence-electron chi connectivity index (χ4n) is 5.40. The fourth-order valence-corrected chi connectivity index (χ4v) is 7.08. The zero-order valence-corrected chi connectivity index (χ0v) is 27.1. The summed E-state index contributed by atoms with van der Waals surface area (Å²) in [5.41, 5.74) is 1.35. The minimum Gasteiger partial charge on any atom is -0.494 e. The molecule has 1 atom stereocenters. The number of carbonyl (C=O) groups is 2. The minimum atomic E-state index is -4.14. The lowest BCUT2D eigenvalue weighted by Gasteiger charge is -2.33. The van der Waals surface area contributed by atoms with E-state index in [1.165, 1.54) is 12.1 Å². The van der Waals surface area contributed by atoms with Crippen LogP contribution < -0.4 is 14.4 Å². The molecule has 0 saturated heterocycles. The molecule has 0 spiro atoms. The molecule has 0 aromatic heterocycles. The number of benzene rings is 3. The SMILES string of the molecule is CCOc1ccc(N(CC(=O)N(CCc2ccccc2)[C@@H](CC)C(=O)NC2CCCC2)S(=O)(=O)c2ccc(Br)cc2)cc1. The second-order valence-corrected chi connectivity index (χ2v) is 13.4. The summed E-state index contributed by atoms with van der Waals surface area (Å²) in [5, 5.41) is 3.14. The van der Waals surface area contributed by atoms with Crippen molar-refractivity contribution in [3.05, 3.63) is 88.9 Å². The van der Waals surface area contributed by atoms with Gasteiger partial charge in [0.2, 0.25) is 11.8 Å². The number of anilines is 1.